The van der Waals surface area contributed by atoms with Crippen LogP contribution < -0.4 is 5.73 Å². The number of piperidine rings is 1. The highest BCUT2D eigenvalue weighted by Crippen LogP contribution is 2.15. The predicted octanol–water partition coefficient (Wildman–Crippen LogP) is 0.904. The average Bonchev–Trinajstić information content (AvgIpc) is 2.27. The van der Waals surface area contributed by atoms with Crippen molar-refractivity contribution in [2.24, 2.45) is 11.7 Å². The number of nitrogens with zero attached hydrogens (tertiary/aromatic N) is 1. The van der Waals surface area contributed by atoms with Gasteiger partial charge in [0.1, 0.15) is 0 Å². The monoisotopic (exact) mass is 284 g/mol. The molecule has 0 bridgehead atoms. The minimum atomic E-state index is -2.82. The zero-order valence-corrected chi connectivity index (χ0v) is 12.2. The van der Waals surface area contributed by atoms with Gasteiger partial charge in [-0.25, -0.2) is 8.42 Å². The van der Waals surface area contributed by atoms with Crippen LogP contribution in [0.5, 0.6) is 0 Å². The van der Waals surface area contributed by atoms with Crippen LogP contribution in [0, 0.1) is 5.92 Å². The highest BCUT2D eigenvalue weighted by molar-refractivity contribution is 7.91. The summed E-state index contributed by atoms with van der Waals surface area (Å²) < 4.78 is 23.1. The minimum Gasteiger partial charge on any atom is -0.330 e. The quantitative estimate of drug-likeness (QED) is 0.787. The second kappa shape index (κ2) is 8.29. The van der Waals surface area contributed by atoms with E-state index in [9.17, 15) is 8.42 Å². The Morgan fingerprint density at radius 3 is 2.29 bits per heavy atom. The molecular formula is C11H25ClN2O2S. The number of rotatable bonds is 6. The Balaban J connectivity index is 0.00000256. The summed E-state index contributed by atoms with van der Waals surface area (Å²) >= 11 is 0. The molecule has 0 amide bonds. The van der Waals surface area contributed by atoms with E-state index in [0.717, 1.165) is 38.9 Å². The molecule has 104 valence electrons. The van der Waals surface area contributed by atoms with E-state index >= 15 is 0 Å². The summed E-state index contributed by atoms with van der Waals surface area (Å²) in [6.45, 7) is 5.37. The molecule has 0 spiro atoms. The van der Waals surface area contributed by atoms with E-state index < -0.39 is 9.84 Å². The van der Waals surface area contributed by atoms with Gasteiger partial charge in [-0.15, -0.1) is 12.4 Å². The van der Waals surface area contributed by atoms with Crippen LogP contribution in [-0.4, -0.2) is 51.0 Å². The fourth-order valence-corrected chi connectivity index (χ4v) is 3.49. The molecule has 1 rings (SSSR count). The van der Waals surface area contributed by atoms with Gasteiger partial charge < -0.3 is 10.6 Å². The number of hydrogen-bond donors (Lipinski definition) is 1. The fourth-order valence-electron chi connectivity index (χ4n) is 2.13. The Labute approximate surface area is 111 Å². The highest BCUT2D eigenvalue weighted by Gasteiger charge is 2.19. The molecule has 1 aliphatic heterocycles. The van der Waals surface area contributed by atoms with Crippen LogP contribution in [0.4, 0.5) is 0 Å². The molecular weight excluding hydrogens is 260 g/mol. The van der Waals surface area contributed by atoms with Crippen LogP contribution in [0.25, 0.3) is 0 Å². The van der Waals surface area contributed by atoms with E-state index in [0.29, 0.717) is 24.0 Å². The maximum atomic E-state index is 11.5. The molecule has 0 aromatic carbocycles. The lowest BCUT2D eigenvalue weighted by Crippen LogP contribution is -2.38. The van der Waals surface area contributed by atoms with E-state index in [1.807, 2.05) is 6.92 Å². The lowest BCUT2D eigenvalue weighted by atomic mass is 9.97. The maximum absolute atomic E-state index is 11.5. The predicted molar refractivity (Wildman–Crippen MR) is 74.4 cm³/mol. The van der Waals surface area contributed by atoms with E-state index in [-0.39, 0.29) is 12.4 Å². The van der Waals surface area contributed by atoms with E-state index in [2.05, 4.69) is 4.90 Å². The molecule has 1 fully saturated rings. The summed E-state index contributed by atoms with van der Waals surface area (Å²) in [5, 5.41) is 0. The zero-order valence-electron chi connectivity index (χ0n) is 10.6. The normalized spacial score (nSPS) is 18.9. The molecule has 0 unspecified atom stereocenters. The number of hydrogen-bond acceptors (Lipinski definition) is 4. The largest absolute Gasteiger partial charge is 0.330 e. The summed E-state index contributed by atoms with van der Waals surface area (Å²) in [4.78, 5) is 2.25. The first-order chi connectivity index (χ1) is 7.57. The van der Waals surface area contributed by atoms with Crippen LogP contribution in [-0.2, 0) is 9.84 Å². The Hall–Kier alpha value is 0.160. The highest BCUT2D eigenvalue weighted by atomic mass is 35.5. The van der Waals surface area contributed by atoms with Crippen LogP contribution in [0.2, 0.25) is 0 Å². The van der Waals surface area contributed by atoms with Crippen molar-refractivity contribution in [2.75, 3.05) is 37.7 Å². The fraction of sp³-hybridized carbons (Fsp3) is 1.00. The van der Waals surface area contributed by atoms with Crippen molar-refractivity contribution in [3.05, 3.63) is 0 Å². The van der Waals surface area contributed by atoms with Crippen molar-refractivity contribution in [3.63, 3.8) is 0 Å². The summed E-state index contributed by atoms with van der Waals surface area (Å²) in [6, 6.07) is 0. The first-order valence-electron chi connectivity index (χ1n) is 6.20. The summed E-state index contributed by atoms with van der Waals surface area (Å²) in [7, 11) is -2.82. The van der Waals surface area contributed by atoms with Gasteiger partial charge in [0.25, 0.3) is 0 Å². The summed E-state index contributed by atoms with van der Waals surface area (Å²) in [6.07, 6.45) is 2.95. The van der Waals surface area contributed by atoms with E-state index in [4.69, 9.17) is 5.73 Å². The van der Waals surface area contributed by atoms with Crippen molar-refractivity contribution in [1.29, 1.82) is 0 Å². The van der Waals surface area contributed by atoms with Crippen LogP contribution in [0.3, 0.4) is 0 Å². The average molecular weight is 285 g/mol. The van der Waals surface area contributed by atoms with Crippen molar-refractivity contribution < 1.29 is 8.42 Å². The van der Waals surface area contributed by atoms with Gasteiger partial charge in [0.15, 0.2) is 9.84 Å². The Kier molecular flexibility index (Phi) is 8.37. The molecule has 6 heteroatoms. The number of halogens is 1. The van der Waals surface area contributed by atoms with Crippen LogP contribution in [0.15, 0.2) is 0 Å². The minimum absolute atomic E-state index is 0. The molecule has 0 aromatic rings. The lowest BCUT2D eigenvalue weighted by Gasteiger charge is -2.31. The molecule has 0 aromatic heterocycles. The molecule has 4 nitrogen and oxygen atoms in total. The first-order valence-corrected chi connectivity index (χ1v) is 8.02. The van der Waals surface area contributed by atoms with Crippen LogP contribution in [0.1, 0.15) is 26.2 Å². The molecule has 0 saturated carbocycles. The summed E-state index contributed by atoms with van der Waals surface area (Å²) in [5.41, 5.74) is 5.62. The SMILES string of the molecule is CCCS(=O)(=O)CCN1CCC(CN)CC1.Cl. The van der Waals surface area contributed by atoms with Gasteiger partial charge in [-0.2, -0.15) is 0 Å². The van der Waals surface area contributed by atoms with Gasteiger partial charge in [-0.05, 0) is 44.8 Å². The summed E-state index contributed by atoms with van der Waals surface area (Å²) in [5.74, 6) is 1.28. The zero-order chi connectivity index (χ0) is 12.0. The van der Waals surface area contributed by atoms with Crippen molar-refractivity contribution in [2.45, 2.75) is 26.2 Å². The smallest absolute Gasteiger partial charge is 0.151 e. The molecule has 0 aliphatic carbocycles. The Bertz CT molecular complexity index is 288. The second-order valence-electron chi connectivity index (χ2n) is 4.67. The van der Waals surface area contributed by atoms with Crippen molar-refractivity contribution >= 4 is 22.2 Å². The van der Waals surface area contributed by atoms with Gasteiger partial charge in [0.2, 0.25) is 0 Å². The molecule has 1 aliphatic rings. The van der Waals surface area contributed by atoms with Gasteiger partial charge >= 0.3 is 0 Å². The topological polar surface area (TPSA) is 63.4 Å². The molecule has 17 heavy (non-hydrogen) atoms. The third-order valence-electron chi connectivity index (χ3n) is 3.27. The maximum Gasteiger partial charge on any atom is 0.151 e. The third-order valence-corrected chi connectivity index (χ3v) is 5.11. The molecule has 0 radical (unpaired) electrons. The standard InChI is InChI=1S/C11H24N2O2S.ClH/c1-2-8-16(14,15)9-7-13-5-3-11(10-12)4-6-13;/h11H,2-10,12H2,1H3;1H. The number of sulfone groups is 1. The Morgan fingerprint density at radius 1 is 1.24 bits per heavy atom. The van der Waals surface area contributed by atoms with Crippen molar-refractivity contribution in [3.8, 4) is 0 Å². The molecule has 0 atom stereocenters. The van der Waals surface area contributed by atoms with Crippen LogP contribution >= 0.6 is 12.4 Å². The lowest BCUT2D eigenvalue weighted by molar-refractivity contribution is 0.196. The molecule has 2 N–H and O–H groups in total. The van der Waals surface area contributed by atoms with E-state index in [1.54, 1.807) is 0 Å². The third kappa shape index (κ3) is 6.60. The van der Waals surface area contributed by atoms with Gasteiger partial charge in [0.05, 0.1) is 5.75 Å². The van der Waals surface area contributed by atoms with E-state index in [1.165, 1.54) is 0 Å². The first kappa shape index (κ1) is 17.2. The second-order valence-corrected chi connectivity index (χ2v) is 6.98. The van der Waals surface area contributed by atoms with Gasteiger partial charge in [-0.1, -0.05) is 6.92 Å². The molecule has 1 heterocycles. The van der Waals surface area contributed by atoms with Gasteiger partial charge in [0, 0.05) is 12.3 Å². The van der Waals surface area contributed by atoms with Gasteiger partial charge in [-0.3, -0.25) is 0 Å². The molecule has 1 saturated heterocycles. The number of nitrogens with two attached hydrogens (primary N) is 1. The number of likely N-dealkylation sites (tertiary alicyclic amines) is 1. The Morgan fingerprint density at radius 2 is 1.82 bits per heavy atom. The van der Waals surface area contributed by atoms with Crippen molar-refractivity contribution in [1.82, 2.24) is 4.90 Å².